The zero-order chi connectivity index (χ0) is 41.4. The van der Waals surface area contributed by atoms with Gasteiger partial charge in [0.1, 0.15) is 11.3 Å². The van der Waals surface area contributed by atoms with Crippen LogP contribution in [0.25, 0.3) is 22.3 Å². The molecule has 0 bridgehead atoms. The molecular weight excluding hydrogens is 715 g/mol. The van der Waals surface area contributed by atoms with Crippen molar-refractivity contribution in [1.29, 1.82) is 0 Å². The van der Waals surface area contributed by atoms with E-state index in [0.29, 0.717) is 0 Å². The summed E-state index contributed by atoms with van der Waals surface area (Å²) in [6.45, 7) is 26.0. The summed E-state index contributed by atoms with van der Waals surface area (Å²) in [4.78, 5) is 5.19. The molecule has 0 radical (unpaired) electrons. The Morgan fingerprint density at radius 1 is 0.559 bits per heavy atom. The number of aryl methyl sites for hydroxylation is 1. The van der Waals surface area contributed by atoms with E-state index in [1.165, 1.54) is 84.8 Å². The normalized spacial score (nSPS) is 16.4. The highest BCUT2D eigenvalue weighted by atomic mass is 16.3. The lowest BCUT2D eigenvalue weighted by molar-refractivity contribution is 0.332. The van der Waals surface area contributed by atoms with Gasteiger partial charge in [0.25, 0.3) is 6.71 Å². The van der Waals surface area contributed by atoms with Crippen molar-refractivity contribution >= 4 is 68.2 Å². The highest BCUT2D eigenvalue weighted by Crippen LogP contribution is 2.53. The molecule has 2 aliphatic heterocycles. The number of rotatable bonds is 3. The molecule has 0 saturated carbocycles. The number of hydrogen-bond acceptors (Lipinski definition) is 3. The fourth-order valence-corrected chi connectivity index (χ4v) is 10.4. The lowest BCUT2D eigenvalue weighted by Crippen LogP contribution is -2.61. The van der Waals surface area contributed by atoms with E-state index in [9.17, 15) is 0 Å². The lowest BCUT2D eigenvalue weighted by Gasteiger charge is -2.48. The number of hydrogen-bond donors (Lipinski definition) is 0. The third-order valence-corrected chi connectivity index (χ3v) is 13.8. The summed E-state index contributed by atoms with van der Waals surface area (Å²) >= 11 is 0. The van der Waals surface area contributed by atoms with Crippen LogP contribution < -0.4 is 26.2 Å². The van der Waals surface area contributed by atoms with Gasteiger partial charge in [0.2, 0.25) is 0 Å². The first-order valence-electron chi connectivity index (χ1n) is 21.7. The monoisotopic (exact) mass is 772 g/mol. The SMILES string of the molecule is Cc1cc2c3c(c1)N(c1cccc4c1C(C)(C)CCC4(C)C)c1ccc(-c4cc5ccccc5o4)cc1B3c1cc(C(C)(C)C)ccc1N2c1ccc(C(C)(C)C)cc1. The van der Waals surface area contributed by atoms with Crippen LogP contribution in [0.2, 0.25) is 0 Å². The zero-order valence-electron chi connectivity index (χ0n) is 36.8. The Morgan fingerprint density at radius 3 is 1.90 bits per heavy atom. The molecule has 0 fully saturated rings. The standard InChI is InChI=1S/C55H57BN2O/c1-34-29-46-51-47(30-34)58(45-17-14-16-40-50(45)55(10,11)28-27-54(40,8)9)44-25-19-36(49-32-35-15-12-13-18-48(35)59-49)31-41(44)56(51)42-33-38(53(5,6)7)22-26-43(42)57(46)39-23-20-37(21-24-39)52(2,3)4/h12-26,29-33H,27-28H2,1-11H3. The quantitative estimate of drug-likeness (QED) is 0.167. The molecule has 59 heavy (non-hydrogen) atoms. The minimum atomic E-state index is -0.0221. The summed E-state index contributed by atoms with van der Waals surface area (Å²) < 4.78 is 6.59. The Hall–Kier alpha value is -5.48. The van der Waals surface area contributed by atoms with Gasteiger partial charge in [-0.15, -0.1) is 0 Å². The molecule has 3 nitrogen and oxygen atoms in total. The summed E-state index contributed by atoms with van der Waals surface area (Å²) in [5.41, 5.74) is 20.5. The van der Waals surface area contributed by atoms with Crippen molar-refractivity contribution in [3.8, 4) is 11.3 Å². The van der Waals surface area contributed by atoms with Crippen LogP contribution in [-0.2, 0) is 21.7 Å². The van der Waals surface area contributed by atoms with E-state index in [-0.39, 0.29) is 28.4 Å². The summed E-state index contributed by atoms with van der Waals surface area (Å²) in [5.74, 6) is 0.899. The topological polar surface area (TPSA) is 19.6 Å². The second kappa shape index (κ2) is 12.8. The first-order chi connectivity index (χ1) is 27.9. The maximum Gasteiger partial charge on any atom is 0.252 e. The Labute approximate surface area is 352 Å². The van der Waals surface area contributed by atoms with Gasteiger partial charge in [0, 0.05) is 39.4 Å². The van der Waals surface area contributed by atoms with Crippen LogP contribution in [-0.4, -0.2) is 6.71 Å². The molecule has 0 spiro atoms. The molecule has 0 atom stereocenters. The number of para-hydroxylation sites is 1. The number of benzene rings is 6. The molecule has 0 amide bonds. The van der Waals surface area contributed by atoms with Crippen LogP contribution in [0.4, 0.5) is 34.1 Å². The highest BCUT2D eigenvalue weighted by molar-refractivity contribution is 7.00. The van der Waals surface area contributed by atoms with Crippen molar-refractivity contribution in [2.24, 2.45) is 0 Å². The minimum absolute atomic E-state index is 0.00238. The van der Waals surface area contributed by atoms with Crippen LogP contribution in [0.3, 0.4) is 0 Å². The van der Waals surface area contributed by atoms with Crippen molar-refractivity contribution < 1.29 is 4.42 Å². The van der Waals surface area contributed by atoms with Gasteiger partial charge >= 0.3 is 0 Å². The third kappa shape index (κ3) is 5.92. The first-order valence-corrected chi connectivity index (χ1v) is 21.7. The van der Waals surface area contributed by atoms with Crippen LogP contribution in [0, 0.1) is 6.92 Å². The van der Waals surface area contributed by atoms with Crippen LogP contribution >= 0.6 is 0 Å². The molecule has 4 heteroatoms. The summed E-state index contributed by atoms with van der Waals surface area (Å²) in [7, 11) is 0. The van der Waals surface area contributed by atoms with Crippen LogP contribution in [0.5, 0.6) is 0 Å². The van der Waals surface area contributed by atoms with E-state index in [1.54, 1.807) is 0 Å². The van der Waals surface area contributed by atoms with E-state index in [1.807, 2.05) is 0 Å². The maximum absolute atomic E-state index is 6.59. The molecule has 1 aromatic heterocycles. The van der Waals surface area contributed by atoms with Gasteiger partial charge < -0.3 is 14.2 Å². The Balaban J connectivity index is 1.31. The summed E-state index contributed by atoms with van der Waals surface area (Å²) in [6, 6.07) is 46.3. The second-order valence-electron chi connectivity index (χ2n) is 21.0. The number of nitrogens with zero attached hydrogens (tertiary/aromatic N) is 2. The first kappa shape index (κ1) is 37.8. The van der Waals surface area contributed by atoms with E-state index in [4.69, 9.17) is 4.42 Å². The second-order valence-corrected chi connectivity index (χ2v) is 21.0. The molecule has 0 saturated heterocycles. The van der Waals surface area contributed by atoms with Crippen molar-refractivity contribution in [2.75, 3.05) is 9.80 Å². The average molecular weight is 773 g/mol. The Morgan fingerprint density at radius 2 is 1.19 bits per heavy atom. The van der Waals surface area contributed by atoms with E-state index in [0.717, 1.165) is 28.7 Å². The molecule has 7 aromatic rings. The molecule has 0 N–H and O–H groups in total. The van der Waals surface area contributed by atoms with Crippen molar-refractivity contribution in [2.45, 2.75) is 111 Å². The van der Waals surface area contributed by atoms with Crippen molar-refractivity contribution in [3.05, 3.63) is 149 Å². The molecule has 1 aliphatic carbocycles. The number of furan rings is 1. The molecule has 0 unspecified atom stereocenters. The largest absolute Gasteiger partial charge is 0.456 e. The number of fused-ring (bicyclic) bond motifs is 6. The fourth-order valence-electron chi connectivity index (χ4n) is 10.4. The van der Waals surface area contributed by atoms with Gasteiger partial charge in [-0.2, -0.15) is 0 Å². The van der Waals surface area contributed by atoms with Crippen LogP contribution in [0.1, 0.15) is 110 Å². The number of anilines is 6. The zero-order valence-corrected chi connectivity index (χ0v) is 36.8. The van der Waals surface area contributed by atoms with E-state index < -0.39 is 0 Å². The van der Waals surface area contributed by atoms with Gasteiger partial charge in [-0.1, -0.05) is 130 Å². The molecular formula is C55H57BN2O. The third-order valence-electron chi connectivity index (χ3n) is 13.8. The van der Waals surface area contributed by atoms with Crippen molar-refractivity contribution in [1.82, 2.24) is 0 Å². The Bertz CT molecular complexity index is 2790. The molecule has 6 aromatic carbocycles. The predicted molar refractivity (Wildman–Crippen MR) is 253 cm³/mol. The fraction of sp³-hybridized carbons (Fsp3) is 0.309. The molecule has 3 heterocycles. The van der Waals surface area contributed by atoms with Crippen molar-refractivity contribution in [3.63, 3.8) is 0 Å². The minimum Gasteiger partial charge on any atom is -0.456 e. The Kier molecular flexibility index (Phi) is 8.17. The van der Waals surface area contributed by atoms with Gasteiger partial charge in [-0.05, 0) is 146 Å². The highest BCUT2D eigenvalue weighted by Gasteiger charge is 2.46. The smallest absolute Gasteiger partial charge is 0.252 e. The molecule has 296 valence electrons. The predicted octanol–water partition coefficient (Wildman–Crippen LogP) is 13.4. The molecule has 10 rings (SSSR count). The van der Waals surface area contributed by atoms with Gasteiger partial charge in [0.15, 0.2) is 0 Å². The summed E-state index contributed by atoms with van der Waals surface area (Å²) in [5, 5.41) is 1.12. The maximum atomic E-state index is 6.59. The van der Waals surface area contributed by atoms with Gasteiger partial charge in [-0.25, -0.2) is 0 Å². The van der Waals surface area contributed by atoms with E-state index >= 15 is 0 Å². The summed E-state index contributed by atoms with van der Waals surface area (Å²) in [6.07, 6.45) is 2.32. The average Bonchev–Trinajstić information content (AvgIpc) is 3.63. The lowest BCUT2D eigenvalue weighted by atomic mass is 9.33. The molecule has 3 aliphatic rings. The van der Waals surface area contributed by atoms with E-state index in [2.05, 4.69) is 207 Å². The van der Waals surface area contributed by atoms with Gasteiger partial charge in [-0.3, -0.25) is 0 Å². The van der Waals surface area contributed by atoms with Crippen LogP contribution in [0.15, 0.2) is 126 Å². The van der Waals surface area contributed by atoms with Gasteiger partial charge in [0.05, 0.1) is 5.69 Å².